The molecule has 0 spiro atoms. The molecule has 1 aromatic heterocycles. The number of ether oxygens (including phenoxy) is 2. The van der Waals surface area contributed by atoms with Crippen molar-refractivity contribution < 1.29 is 19.4 Å². The first-order valence-corrected chi connectivity index (χ1v) is 8.85. The highest BCUT2D eigenvalue weighted by atomic mass is 16.5. The number of aryl methyl sites for hydroxylation is 1. The van der Waals surface area contributed by atoms with Gasteiger partial charge in [0.2, 0.25) is 0 Å². The van der Waals surface area contributed by atoms with Gasteiger partial charge >= 0.3 is 0 Å². The molecule has 1 fully saturated rings. The second-order valence-corrected chi connectivity index (χ2v) is 6.42. The summed E-state index contributed by atoms with van der Waals surface area (Å²) in [5.41, 5.74) is 0.973. The largest absolute Gasteiger partial charge is 0.490 e. The van der Waals surface area contributed by atoms with Crippen molar-refractivity contribution >= 4 is 5.91 Å². The number of rotatable bonds is 6. The number of carbonyl (C=O) groups excluding carboxylic acids is 1. The van der Waals surface area contributed by atoms with Gasteiger partial charge in [-0.05, 0) is 30.7 Å². The van der Waals surface area contributed by atoms with Crippen LogP contribution < -0.4 is 9.47 Å². The maximum atomic E-state index is 12.4. The van der Waals surface area contributed by atoms with Crippen molar-refractivity contribution in [2.75, 3.05) is 19.7 Å². The first-order valence-electron chi connectivity index (χ1n) is 8.85. The molecule has 1 unspecified atom stereocenters. The monoisotopic (exact) mass is 356 g/mol. The minimum atomic E-state index is -1.16. The molecule has 1 N–H and O–H groups in total. The Morgan fingerprint density at radius 3 is 2.62 bits per heavy atom. The third-order valence-electron chi connectivity index (χ3n) is 4.48. The lowest BCUT2D eigenvalue weighted by Crippen LogP contribution is -2.47. The van der Waals surface area contributed by atoms with Crippen molar-refractivity contribution in [2.45, 2.75) is 32.0 Å². The highest BCUT2D eigenvalue weighted by Crippen LogP contribution is 2.19. The average molecular weight is 356 g/mol. The molecule has 6 nitrogen and oxygen atoms in total. The quantitative estimate of drug-likeness (QED) is 0.859. The fraction of sp³-hybridized carbons (Fsp3) is 0.400. The lowest BCUT2D eigenvalue weighted by atomic mass is 10.1. The molecule has 138 valence electrons. The lowest BCUT2D eigenvalue weighted by molar-refractivity contribution is -0.143. The minimum Gasteiger partial charge on any atom is -0.490 e. The van der Waals surface area contributed by atoms with Crippen molar-refractivity contribution in [3.63, 3.8) is 0 Å². The summed E-state index contributed by atoms with van der Waals surface area (Å²) >= 11 is 0. The Kier molecular flexibility index (Phi) is 6.07. The lowest BCUT2D eigenvalue weighted by Gasteiger charge is -2.33. The van der Waals surface area contributed by atoms with Gasteiger partial charge in [0, 0.05) is 38.3 Å². The summed E-state index contributed by atoms with van der Waals surface area (Å²) in [6.45, 7) is 3.01. The van der Waals surface area contributed by atoms with Gasteiger partial charge in [-0.15, -0.1) is 0 Å². The number of likely N-dealkylation sites (tertiary alicyclic amines) is 1. The number of para-hydroxylation sites is 1. The van der Waals surface area contributed by atoms with Gasteiger partial charge in [0.05, 0.1) is 0 Å². The van der Waals surface area contributed by atoms with Crippen LogP contribution in [0.3, 0.4) is 0 Å². The third-order valence-corrected chi connectivity index (χ3v) is 4.48. The molecule has 1 amide bonds. The van der Waals surface area contributed by atoms with Gasteiger partial charge in [0.25, 0.3) is 5.91 Å². The number of aliphatic hydroxyl groups excluding tert-OH is 1. The fourth-order valence-corrected chi connectivity index (χ4v) is 2.97. The number of hydrogen-bond donors (Lipinski definition) is 1. The molecule has 1 aliphatic rings. The van der Waals surface area contributed by atoms with E-state index in [2.05, 4.69) is 4.98 Å². The molecule has 2 heterocycles. The molecule has 1 aromatic carbocycles. The molecule has 6 heteroatoms. The number of aromatic nitrogens is 1. The summed E-state index contributed by atoms with van der Waals surface area (Å²) in [6, 6.07) is 11.2. The van der Waals surface area contributed by atoms with Gasteiger partial charge in [-0.3, -0.25) is 9.78 Å². The molecule has 3 rings (SSSR count). The van der Waals surface area contributed by atoms with Crippen LogP contribution in [0.15, 0.2) is 48.8 Å². The maximum Gasteiger partial charge on any atom is 0.254 e. The molecule has 1 saturated heterocycles. The number of nitrogens with zero attached hydrogens (tertiary/aromatic N) is 2. The van der Waals surface area contributed by atoms with Crippen LogP contribution in [-0.2, 0) is 4.79 Å². The Bertz CT molecular complexity index is 715. The second-order valence-electron chi connectivity index (χ2n) is 6.42. The minimum absolute atomic E-state index is 0.0445. The van der Waals surface area contributed by atoms with E-state index in [1.54, 1.807) is 17.3 Å². The van der Waals surface area contributed by atoms with E-state index in [9.17, 15) is 9.90 Å². The van der Waals surface area contributed by atoms with Crippen molar-refractivity contribution in [3.8, 4) is 11.5 Å². The van der Waals surface area contributed by atoms with Crippen LogP contribution in [0.4, 0.5) is 0 Å². The van der Waals surface area contributed by atoms with Crippen molar-refractivity contribution in [1.82, 2.24) is 9.88 Å². The van der Waals surface area contributed by atoms with E-state index in [1.807, 2.05) is 43.3 Å². The number of carbonyl (C=O) groups is 1. The number of pyridine rings is 1. The zero-order chi connectivity index (χ0) is 18.4. The Balaban J connectivity index is 1.44. The first kappa shape index (κ1) is 18.2. The average Bonchev–Trinajstić information content (AvgIpc) is 2.68. The molecular formula is C20H24N2O4. The van der Waals surface area contributed by atoms with E-state index in [4.69, 9.17) is 9.47 Å². The zero-order valence-electron chi connectivity index (χ0n) is 14.9. The molecule has 0 aliphatic carbocycles. The van der Waals surface area contributed by atoms with E-state index in [1.165, 1.54) is 0 Å². The van der Waals surface area contributed by atoms with Crippen LogP contribution in [0.5, 0.6) is 11.5 Å². The van der Waals surface area contributed by atoms with Crippen LogP contribution in [0.25, 0.3) is 0 Å². The predicted octanol–water partition coefficient (Wildman–Crippen LogP) is 2.20. The Labute approximate surface area is 153 Å². The van der Waals surface area contributed by atoms with Gasteiger partial charge in [-0.1, -0.05) is 18.2 Å². The van der Waals surface area contributed by atoms with Crippen molar-refractivity contribution in [2.24, 2.45) is 0 Å². The van der Waals surface area contributed by atoms with Crippen molar-refractivity contribution in [3.05, 3.63) is 54.4 Å². The predicted molar refractivity (Wildman–Crippen MR) is 97.1 cm³/mol. The molecule has 0 radical (unpaired) electrons. The fourth-order valence-electron chi connectivity index (χ4n) is 2.97. The highest BCUT2D eigenvalue weighted by molar-refractivity contribution is 5.81. The summed E-state index contributed by atoms with van der Waals surface area (Å²) in [5.74, 6) is 1.18. The summed E-state index contributed by atoms with van der Waals surface area (Å²) in [6.07, 6.45) is 3.77. The Morgan fingerprint density at radius 2 is 1.92 bits per heavy atom. The van der Waals surface area contributed by atoms with Gasteiger partial charge in [-0.2, -0.15) is 0 Å². The molecule has 0 saturated carbocycles. The highest BCUT2D eigenvalue weighted by Gasteiger charge is 2.28. The Morgan fingerprint density at radius 1 is 1.23 bits per heavy atom. The number of hydrogen-bond acceptors (Lipinski definition) is 5. The standard InChI is InChI=1S/C20H24N2O4/c1-15-4-2-3-5-19(15)25-14-18(23)20(24)22-12-8-17(9-13-22)26-16-6-10-21-11-7-16/h2-7,10-11,17-18,23H,8-9,12-14H2,1H3. The molecular weight excluding hydrogens is 332 g/mol. The van der Waals surface area contributed by atoms with Crippen LogP contribution in [-0.4, -0.2) is 52.8 Å². The van der Waals surface area contributed by atoms with Crippen LogP contribution in [0, 0.1) is 6.92 Å². The molecule has 2 aromatic rings. The number of amides is 1. The molecule has 26 heavy (non-hydrogen) atoms. The number of aliphatic hydroxyl groups is 1. The van der Waals surface area contributed by atoms with Gasteiger partial charge in [0.15, 0.2) is 6.10 Å². The summed E-state index contributed by atoms with van der Waals surface area (Å²) in [4.78, 5) is 18.1. The van der Waals surface area contributed by atoms with Crippen molar-refractivity contribution in [1.29, 1.82) is 0 Å². The van der Waals surface area contributed by atoms with E-state index in [0.29, 0.717) is 18.8 Å². The smallest absolute Gasteiger partial charge is 0.254 e. The van der Waals surface area contributed by atoms with Crippen LogP contribution in [0.2, 0.25) is 0 Å². The van der Waals surface area contributed by atoms with E-state index in [0.717, 1.165) is 24.2 Å². The third kappa shape index (κ3) is 4.73. The van der Waals surface area contributed by atoms with Crippen LogP contribution in [0.1, 0.15) is 18.4 Å². The molecule has 1 atom stereocenters. The number of benzene rings is 1. The summed E-state index contributed by atoms with van der Waals surface area (Å²) in [5, 5.41) is 10.2. The van der Waals surface area contributed by atoms with E-state index in [-0.39, 0.29) is 18.6 Å². The van der Waals surface area contributed by atoms with E-state index < -0.39 is 6.10 Å². The topological polar surface area (TPSA) is 71.9 Å². The normalized spacial score (nSPS) is 16.2. The molecule has 0 bridgehead atoms. The van der Waals surface area contributed by atoms with Gasteiger partial charge < -0.3 is 19.5 Å². The zero-order valence-corrected chi connectivity index (χ0v) is 14.9. The van der Waals surface area contributed by atoms with Crippen LogP contribution >= 0.6 is 0 Å². The first-order chi connectivity index (χ1) is 12.6. The second kappa shape index (κ2) is 8.67. The van der Waals surface area contributed by atoms with E-state index >= 15 is 0 Å². The summed E-state index contributed by atoms with van der Waals surface area (Å²) in [7, 11) is 0. The molecule has 1 aliphatic heterocycles. The SMILES string of the molecule is Cc1ccccc1OCC(O)C(=O)N1CCC(Oc2ccncc2)CC1. The number of piperidine rings is 1. The van der Waals surface area contributed by atoms with Gasteiger partial charge in [-0.25, -0.2) is 0 Å². The summed E-state index contributed by atoms with van der Waals surface area (Å²) < 4.78 is 11.5. The van der Waals surface area contributed by atoms with Gasteiger partial charge in [0.1, 0.15) is 24.2 Å². The Hall–Kier alpha value is -2.60. The maximum absolute atomic E-state index is 12.4.